The molecule has 0 saturated carbocycles. The van der Waals surface area contributed by atoms with Gasteiger partial charge in [-0.25, -0.2) is 4.98 Å². The van der Waals surface area contributed by atoms with E-state index in [0.717, 1.165) is 43.6 Å². The fraction of sp³-hybridized carbons (Fsp3) is 0.391. The molecule has 0 aromatic carbocycles. The maximum absolute atomic E-state index is 6.30. The maximum atomic E-state index is 6.30. The Kier molecular flexibility index (Phi) is 4.29. The minimum atomic E-state index is 0.507. The van der Waals surface area contributed by atoms with E-state index in [1.54, 1.807) is 6.20 Å². The van der Waals surface area contributed by atoms with Gasteiger partial charge in [0.1, 0.15) is 5.65 Å². The first-order chi connectivity index (χ1) is 13.5. The molecule has 3 aromatic heterocycles. The van der Waals surface area contributed by atoms with Gasteiger partial charge < -0.3 is 4.57 Å². The van der Waals surface area contributed by atoms with Gasteiger partial charge in [-0.1, -0.05) is 17.7 Å². The first-order valence-corrected chi connectivity index (χ1v) is 10.4. The normalized spacial score (nSPS) is 21.1. The number of fused-ring (bicyclic) bond motifs is 4. The SMILES string of the molecule is Cc1ccc2c(n1)CCC/C2=C\n1c2c(c3cc(Cl)cnc31)CN(C)C(C)C2. The minimum Gasteiger partial charge on any atom is -0.304 e. The van der Waals surface area contributed by atoms with Crippen molar-refractivity contribution < 1.29 is 0 Å². The molecular formula is C23H25ClN4. The summed E-state index contributed by atoms with van der Waals surface area (Å²) < 4.78 is 2.33. The molecule has 0 fully saturated rings. The zero-order valence-corrected chi connectivity index (χ0v) is 17.4. The Labute approximate surface area is 170 Å². The summed E-state index contributed by atoms with van der Waals surface area (Å²) in [6.45, 7) is 5.29. The van der Waals surface area contributed by atoms with E-state index in [1.165, 1.54) is 33.5 Å². The summed E-state index contributed by atoms with van der Waals surface area (Å²) in [6.07, 6.45) is 8.38. The summed E-state index contributed by atoms with van der Waals surface area (Å²) in [5.41, 5.74) is 8.72. The van der Waals surface area contributed by atoms with Crippen molar-refractivity contribution in [3.63, 3.8) is 0 Å². The van der Waals surface area contributed by atoms with Crippen molar-refractivity contribution in [2.75, 3.05) is 7.05 Å². The molecule has 1 atom stereocenters. The molecular weight excluding hydrogens is 368 g/mol. The van der Waals surface area contributed by atoms with Crippen molar-refractivity contribution in [1.29, 1.82) is 0 Å². The number of aromatic nitrogens is 3. The van der Waals surface area contributed by atoms with Crippen molar-refractivity contribution in [2.45, 2.75) is 52.1 Å². The van der Waals surface area contributed by atoms with Gasteiger partial charge in [0.05, 0.1) is 5.02 Å². The number of likely N-dealkylation sites (N-methyl/N-ethyl adjacent to an activating group) is 1. The third-order valence-electron chi connectivity index (χ3n) is 6.28. The molecule has 0 spiro atoms. The van der Waals surface area contributed by atoms with Gasteiger partial charge in [-0.05, 0) is 63.4 Å². The van der Waals surface area contributed by atoms with Gasteiger partial charge in [-0.2, -0.15) is 0 Å². The number of hydrogen-bond acceptors (Lipinski definition) is 3. The van der Waals surface area contributed by atoms with Crippen LogP contribution in [0.25, 0.3) is 22.8 Å². The van der Waals surface area contributed by atoms with Crippen LogP contribution in [0.2, 0.25) is 5.02 Å². The molecule has 28 heavy (non-hydrogen) atoms. The number of rotatable bonds is 1. The van der Waals surface area contributed by atoms with Crippen LogP contribution in [-0.2, 0) is 19.4 Å². The van der Waals surface area contributed by atoms with Gasteiger partial charge in [0, 0.05) is 59.4 Å². The largest absolute Gasteiger partial charge is 0.304 e. The quantitative estimate of drug-likeness (QED) is 0.577. The van der Waals surface area contributed by atoms with E-state index in [1.807, 2.05) is 0 Å². The highest BCUT2D eigenvalue weighted by atomic mass is 35.5. The van der Waals surface area contributed by atoms with Gasteiger partial charge in [0.15, 0.2) is 0 Å². The van der Waals surface area contributed by atoms with Crippen LogP contribution in [0.3, 0.4) is 0 Å². The zero-order chi connectivity index (χ0) is 19.4. The number of nitrogens with zero attached hydrogens (tertiary/aromatic N) is 4. The minimum absolute atomic E-state index is 0.507. The topological polar surface area (TPSA) is 34.0 Å². The summed E-state index contributed by atoms with van der Waals surface area (Å²) in [6, 6.07) is 6.94. The third kappa shape index (κ3) is 2.87. The van der Waals surface area contributed by atoms with Crippen LogP contribution in [0.15, 0.2) is 24.4 Å². The lowest BCUT2D eigenvalue weighted by molar-refractivity contribution is 0.230. The highest BCUT2D eigenvalue weighted by molar-refractivity contribution is 6.31. The molecule has 2 aliphatic rings. The van der Waals surface area contributed by atoms with E-state index >= 15 is 0 Å². The molecule has 0 amide bonds. The van der Waals surface area contributed by atoms with E-state index in [2.05, 4.69) is 54.8 Å². The van der Waals surface area contributed by atoms with Crippen molar-refractivity contribution >= 4 is 34.4 Å². The van der Waals surface area contributed by atoms with E-state index < -0.39 is 0 Å². The molecule has 5 heteroatoms. The second-order valence-electron chi connectivity index (χ2n) is 8.24. The van der Waals surface area contributed by atoms with Crippen LogP contribution in [0, 0.1) is 6.92 Å². The predicted octanol–water partition coefficient (Wildman–Crippen LogP) is 5.10. The monoisotopic (exact) mass is 392 g/mol. The first-order valence-electron chi connectivity index (χ1n) is 10.1. The second-order valence-corrected chi connectivity index (χ2v) is 8.68. The van der Waals surface area contributed by atoms with Crippen LogP contribution in [0.5, 0.6) is 0 Å². The Bertz CT molecular complexity index is 1110. The van der Waals surface area contributed by atoms with Crippen molar-refractivity contribution in [3.05, 3.63) is 57.6 Å². The van der Waals surface area contributed by atoms with Crippen LogP contribution < -0.4 is 0 Å². The number of allylic oxidation sites excluding steroid dienone is 1. The first kappa shape index (κ1) is 17.9. The molecule has 0 saturated heterocycles. The summed E-state index contributed by atoms with van der Waals surface area (Å²) >= 11 is 6.30. The lowest BCUT2D eigenvalue weighted by atomic mass is 9.91. The smallest absolute Gasteiger partial charge is 0.144 e. The van der Waals surface area contributed by atoms with Gasteiger partial charge in [0.2, 0.25) is 0 Å². The number of hydrogen-bond donors (Lipinski definition) is 0. The van der Waals surface area contributed by atoms with Gasteiger partial charge in [-0.3, -0.25) is 9.88 Å². The van der Waals surface area contributed by atoms with Crippen molar-refractivity contribution in [1.82, 2.24) is 19.4 Å². The fourth-order valence-corrected chi connectivity index (χ4v) is 4.77. The molecule has 144 valence electrons. The van der Waals surface area contributed by atoms with Crippen LogP contribution >= 0.6 is 11.6 Å². The Balaban J connectivity index is 1.73. The molecule has 1 aliphatic carbocycles. The number of halogens is 1. The molecule has 4 heterocycles. The zero-order valence-electron chi connectivity index (χ0n) is 16.7. The lowest BCUT2D eigenvalue weighted by Crippen LogP contribution is -2.35. The Hall–Kier alpha value is -2.17. The van der Waals surface area contributed by atoms with Gasteiger partial charge in [-0.15, -0.1) is 0 Å². The summed E-state index contributed by atoms with van der Waals surface area (Å²) in [7, 11) is 2.19. The van der Waals surface area contributed by atoms with Gasteiger partial charge >= 0.3 is 0 Å². The highest BCUT2D eigenvalue weighted by Gasteiger charge is 2.27. The van der Waals surface area contributed by atoms with E-state index in [-0.39, 0.29) is 0 Å². The van der Waals surface area contributed by atoms with Crippen molar-refractivity contribution in [2.24, 2.45) is 0 Å². The third-order valence-corrected chi connectivity index (χ3v) is 6.49. The van der Waals surface area contributed by atoms with Crippen molar-refractivity contribution in [3.8, 4) is 0 Å². The van der Waals surface area contributed by atoms with Gasteiger partial charge in [0.25, 0.3) is 0 Å². The Morgan fingerprint density at radius 1 is 1.25 bits per heavy atom. The summed E-state index contributed by atoms with van der Waals surface area (Å²) in [5.74, 6) is 0. The fourth-order valence-electron chi connectivity index (χ4n) is 4.62. The summed E-state index contributed by atoms with van der Waals surface area (Å²) in [5, 5.41) is 1.88. The number of aryl methyl sites for hydroxylation is 2. The van der Waals surface area contributed by atoms with Crippen LogP contribution in [0.1, 0.15) is 48.0 Å². The highest BCUT2D eigenvalue weighted by Crippen LogP contribution is 2.36. The predicted molar refractivity (Wildman–Crippen MR) is 115 cm³/mol. The van der Waals surface area contributed by atoms with Crippen LogP contribution in [0.4, 0.5) is 0 Å². The van der Waals surface area contributed by atoms with E-state index in [0.29, 0.717) is 11.1 Å². The molecule has 3 aromatic rings. The second kappa shape index (κ2) is 6.71. The van der Waals surface area contributed by atoms with Crippen LogP contribution in [-0.4, -0.2) is 32.5 Å². The molecule has 4 nitrogen and oxygen atoms in total. The Morgan fingerprint density at radius 3 is 2.96 bits per heavy atom. The maximum Gasteiger partial charge on any atom is 0.144 e. The molecule has 1 unspecified atom stereocenters. The average molecular weight is 393 g/mol. The van der Waals surface area contributed by atoms with E-state index in [4.69, 9.17) is 21.6 Å². The average Bonchev–Trinajstić information content (AvgIpc) is 2.94. The molecule has 5 rings (SSSR count). The molecule has 0 radical (unpaired) electrons. The molecule has 1 aliphatic heterocycles. The number of pyridine rings is 2. The molecule has 0 bridgehead atoms. The Morgan fingerprint density at radius 2 is 2.11 bits per heavy atom. The standard InChI is InChI=1S/C23H25ClN4/c1-14-7-8-18-16(5-4-6-21(18)26-14)12-28-22-9-15(2)27(3)13-20(22)19-10-17(24)11-25-23(19)28/h7-8,10-12,15H,4-6,9,13H2,1-3H3/b16-12+. The summed E-state index contributed by atoms with van der Waals surface area (Å²) in [4.78, 5) is 11.9. The van der Waals surface area contributed by atoms with E-state index in [9.17, 15) is 0 Å². The molecule has 0 N–H and O–H groups in total. The lowest BCUT2D eigenvalue weighted by Gasteiger charge is -2.30.